The molecule has 0 radical (unpaired) electrons. The molecular formula is C13H11BrClFN2O. The Morgan fingerprint density at radius 1 is 1.32 bits per heavy atom. The maximum atomic E-state index is 13.6. The number of aromatic nitrogens is 2. The van der Waals surface area contributed by atoms with Crippen molar-refractivity contribution in [3.8, 4) is 0 Å². The predicted octanol–water partition coefficient (Wildman–Crippen LogP) is 3.77. The average molecular weight is 346 g/mol. The van der Waals surface area contributed by atoms with Crippen molar-refractivity contribution < 1.29 is 9.13 Å². The van der Waals surface area contributed by atoms with Crippen LogP contribution in [0.2, 0.25) is 5.15 Å². The molecule has 0 N–H and O–H groups in total. The molecule has 0 unspecified atom stereocenters. The van der Waals surface area contributed by atoms with Crippen LogP contribution in [0.3, 0.4) is 0 Å². The zero-order valence-corrected chi connectivity index (χ0v) is 12.5. The number of halogens is 3. The number of hydrogen-bond donors (Lipinski definition) is 0. The van der Waals surface area contributed by atoms with E-state index >= 15 is 0 Å². The molecule has 0 saturated carbocycles. The van der Waals surface area contributed by atoms with E-state index in [1.165, 1.54) is 6.07 Å². The van der Waals surface area contributed by atoms with Gasteiger partial charge in [-0.25, -0.2) is 14.4 Å². The maximum absolute atomic E-state index is 13.6. The van der Waals surface area contributed by atoms with Gasteiger partial charge < -0.3 is 4.74 Å². The number of hydrogen-bond acceptors (Lipinski definition) is 3. The molecule has 1 aromatic carbocycles. The average Bonchev–Trinajstić information content (AvgIpc) is 2.38. The SMILES string of the molecule is COCc1nc(Cc2ccccc2F)nc(Cl)c1Br. The molecule has 0 bridgehead atoms. The molecule has 2 aromatic rings. The van der Waals surface area contributed by atoms with E-state index in [2.05, 4.69) is 25.9 Å². The molecule has 0 fully saturated rings. The van der Waals surface area contributed by atoms with Gasteiger partial charge in [0.15, 0.2) is 0 Å². The van der Waals surface area contributed by atoms with E-state index < -0.39 is 0 Å². The fourth-order valence-corrected chi connectivity index (χ4v) is 2.13. The Bertz CT molecular complexity index is 595. The van der Waals surface area contributed by atoms with Crippen LogP contribution in [0.4, 0.5) is 4.39 Å². The molecule has 19 heavy (non-hydrogen) atoms. The van der Waals surface area contributed by atoms with E-state index in [-0.39, 0.29) is 12.2 Å². The lowest BCUT2D eigenvalue weighted by Crippen LogP contribution is -2.04. The summed E-state index contributed by atoms with van der Waals surface area (Å²) in [5.41, 5.74) is 1.18. The zero-order valence-electron chi connectivity index (χ0n) is 10.2. The van der Waals surface area contributed by atoms with Crippen molar-refractivity contribution >= 4 is 27.5 Å². The van der Waals surface area contributed by atoms with Crippen molar-refractivity contribution in [2.24, 2.45) is 0 Å². The second-order valence-electron chi connectivity index (χ2n) is 3.89. The molecule has 2 rings (SSSR count). The van der Waals surface area contributed by atoms with Gasteiger partial charge in [0.25, 0.3) is 0 Å². The van der Waals surface area contributed by atoms with Crippen LogP contribution in [0.25, 0.3) is 0 Å². The summed E-state index contributed by atoms with van der Waals surface area (Å²) >= 11 is 9.32. The summed E-state index contributed by atoms with van der Waals surface area (Å²) in [7, 11) is 1.57. The van der Waals surface area contributed by atoms with Gasteiger partial charge in [-0.15, -0.1) is 0 Å². The molecule has 1 aromatic heterocycles. The highest BCUT2D eigenvalue weighted by Gasteiger charge is 2.12. The van der Waals surface area contributed by atoms with E-state index in [1.54, 1.807) is 25.3 Å². The topological polar surface area (TPSA) is 35.0 Å². The standard InChI is InChI=1S/C13H11BrClFN2O/c1-19-7-10-12(14)13(15)18-11(17-10)6-8-4-2-3-5-9(8)16/h2-5H,6-7H2,1H3. The van der Waals surface area contributed by atoms with Gasteiger partial charge in [-0.05, 0) is 27.6 Å². The summed E-state index contributed by atoms with van der Waals surface area (Å²) in [6, 6.07) is 6.52. The molecule has 0 amide bonds. The first-order valence-corrected chi connectivity index (χ1v) is 6.72. The summed E-state index contributed by atoms with van der Waals surface area (Å²) in [4.78, 5) is 8.46. The van der Waals surface area contributed by atoms with Gasteiger partial charge in [0.05, 0.1) is 16.8 Å². The van der Waals surface area contributed by atoms with Crippen LogP contribution >= 0.6 is 27.5 Å². The quantitative estimate of drug-likeness (QED) is 0.791. The smallest absolute Gasteiger partial charge is 0.147 e. The third-order valence-electron chi connectivity index (χ3n) is 2.51. The Kier molecular flexibility index (Phi) is 4.85. The lowest BCUT2D eigenvalue weighted by molar-refractivity contribution is 0.180. The monoisotopic (exact) mass is 344 g/mol. The summed E-state index contributed by atoms with van der Waals surface area (Å²) < 4.78 is 19.2. The van der Waals surface area contributed by atoms with Crippen molar-refractivity contribution in [1.29, 1.82) is 0 Å². The highest BCUT2D eigenvalue weighted by atomic mass is 79.9. The van der Waals surface area contributed by atoms with E-state index in [0.29, 0.717) is 33.3 Å². The Labute approximate surface area is 123 Å². The molecular weight excluding hydrogens is 335 g/mol. The Balaban J connectivity index is 2.33. The van der Waals surface area contributed by atoms with Crippen LogP contribution in [-0.4, -0.2) is 17.1 Å². The van der Waals surface area contributed by atoms with E-state index in [1.807, 2.05) is 0 Å². The fourth-order valence-electron chi connectivity index (χ4n) is 1.63. The molecule has 0 aliphatic carbocycles. The largest absolute Gasteiger partial charge is 0.378 e. The highest BCUT2D eigenvalue weighted by Crippen LogP contribution is 2.24. The van der Waals surface area contributed by atoms with Gasteiger partial charge in [-0.1, -0.05) is 29.8 Å². The number of ether oxygens (including phenoxy) is 1. The van der Waals surface area contributed by atoms with Crippen LogP contribution in [0.1, 0.15) is 17.1 Å². The van der Waals surface area contributed by atoms with E-state index in [9.17, 15) is 4.39 Å². The third-order valence-corrected chi connectivity index (χ3v) is 3.85. The Hall–Kier alpha value is -1.04. The Morgan fingerprint density at radius 2 is 2.05 bits per heavy atom. The summed E-state index contributed by atoms with van der Waals surface area (Å²) in [5.74, 6) is 0.184. The van der Waals surface area contributed by atoms with Crippen molar-refractivity contribution in [1.82, 2.24) is 9.97 Å². The molecule has 100 valence electrons. The number of methoxy groups -OCH3 is 1. The van der Waals surface area contributed by atoms with Gasteiger partial charge in [-0.3, -0.25) is 0 Å². The second-order valence-corrected chi connectivity index (χ2v) is 5.04. The molecule has 0 aliphatic rings. The molecule has 6 heteroatoms. The first kappa shape index (κ1) is 14.4. The van der Waals surface area contributed by atoms with E-state index in [0.717, 1.165) is 0 Å². The summed E-state index contributed by atoms with van der Waals surface area (Å²) in [5, 5.41) is 0.299. The number of nitrogens with zero attached hydrogens (tertiary/aromatic N) is 2. The van der Waals surface area contributed by atoms with Crippen LogP contribution in [0, 0.1) is 5.82 Å². The lowest BCUT2D eigenvalue weighted by atomic mass is 10.1. The summed E-state index contributed by atoms with van der Waals surface area (Å²) in [6.07, 6.45) is 0.288. The number of rotatable bonds is 4. The lowest BCUT2D eigenvalue weighted by Gasteiger charge is -2.08. The minimum atomic E-state index is -0.279. The molecule has 0 atom stereocenters. The maximum Gasteiger partial charge on any atom is 0.147 e. The van der Waals surface area contributed by atoms with Crippen LogP contribution in [0.5, 0.6) is 0 Å². The van der Waals surface area contributed by atoms with Crippen LogP contribution in [-0.2, 0) is 17.8 Å². The number of benzene rings is 1. The van der Waals surface area contributed by atoms with Crippen molar-refractivity contribution in [2.45, 2.75) is 13.0 Å². The molecule has 0 saturated heterocycles. The van der Waals surface area contributed by atoms with Crippen molar-refractivity contribution in [3.05, 3.63) is 56.8 Å². The van der Waals surface area contributed by atoms with Gasteiger partial charge in [0.1, 0.15) is 16.8 Å². The first-order chi connectivity index (χ1) is 9.11. The highest BCUT2D eigenvalue weighted by molar-refractivity contribution is 9.10. The Morgan fingerprint density at radius 3 is 2.74 bits per heavy atom. The van der Waals surface area contributed by atoms with E-state index in [4.69, 9.17) is 16.3 Å². The molecule has 0 aliphatic heterocycles. The fraction of sp³-hybridized carbons (Fsp3) is 0.231. The normalized spacial score (nSPS) is 10.7. The van der Waals surface area contributed by atoms with Crippen molar-refractivity contribution in [3.63, 3.8) is 0 Å². The first-order valence-electron chi connectivity index (χ1n) is 5.55. The van der Waals surface area contributed by atoms with Gasteiger partial charge >= 0.3 is 0 Å². The molecule has 1 heterocycles. The van der Waals surface area contributed by atoms with Gasteiger partial charge in [0, 0.05) is 13.5 Å². The summed E-state index contributed by atoms with van der Waals surface area (Å²) in [6.45, 7) is 0.313. The van der Waals surface area contributed by atoms with Gasteiger partial charge in [-0.2, -0.15) is 0 Å². The minimum absolute atomic E-state index is 0.279. The van der Waals surface area contributed by atoms with Crippen molar-refractivity contribution in [2.75, 3.05) is 7.11 Å². The molecule has 3 nitrogen and oxygen atoms in total. The minimum Gasteiger partial charge on any atom is -0.378 e. The third kappa shape index (κ3) is 3.49. The van der Waals surface area contributed by atoms with Gasteiger partial charge in [0.2, 0.25) is 0 Å². The predicted molar refractivity (Wildman–Crippen MR) is 74.7 cm³/mol. The zero-order chi connectivity index (χ0) is 13.8. The second kappa shape index (κ2) is 6.41. The van der Waals surface area contributed by atoms with Crippen LogP contribution in [0.15, 0.2) is 28.7 Å². The van der Waals surface area contributed by atoms with Crippen LogP contribution < -0.4 is 0 Å². The molecule has 0 spiro atoms.